The molecule has 0 saturated heterocycles. The molecule has 1 heteroatoms. The lowest BCUT2D eigenvalue weighted by Crippen LogP contribution is -2.14. The number of benzene rings is 8. The summed E-state index contributed by atoms with van der Waals surface area (Å²) in [5, 5.41) is 7.48. The van der Waals surface area contributed by atoms with Gasteiger partial charge < -0.3 is 4.42 Å². The van der Waals surface area contributed by atoms with Crippen molar-refractivity contribution in [2.75, 3.05) is 0 Å². The van der Waals surface area contributed by atoms with Crippen molar-refractivity contribution in [2.24, 2.45) is 0 Å². The molecular weight excluding hydrogens is 581 g/mol. The van der Waals surface area contributed by atoms with Gasteiger partial charge in [-0.15, -0.1) is 0 Å². The predicted octanol–water partition coefficient (Wildman–Crippen LogP) is 13.2. The Kier molecular flexibility index (Phi) is 5.69. The molecule has 0 N–H and O–H groups in total. The highest BCUT2D eigenvalue weighted by Crippen LogP contribution is 2.52. The summed E-state index contributed by atoms with van der Waals surface area (Å²) < 4.78 is 6.32. The standard InChI is InChI=1S/C47H32O/c1-47(2)41-25-24-32(26-38(41)39-28-44-40(27-42(39)47)33-14-10-11-19-43(33)48-44)29-20-22-31(23-21-29)46-36-17-8-6-15-34(36)45(30-12-4-3-5-13-30)35-16-7-9-18-37(35)46/h3-28H,1-2H3. The van der Waals surface area contributed by atoms with E-state index in [2.05, 4.69) is 166 Å². The van der Waals surface area contributed by atoms with Gasteiger partial charge in [0, 0.05) is 16.2 Å². The first-order valence-corrected chi connectivity index (χ1v) is 16.8. The topological polar surface area (TPSA) is 13.1 Å². The first-order chi connectivity index (χ1) is 23.6. The molecule has 1 aliphatic rings. The van der Waals surface area contributed by atoms with Crippen LogP contribution in [0.25, 0.3) is 88.0 Å². The zero-order valence-electron chi connectivity index (χ0n) is 26.9. The van der Waals surface area contributed by atoms with Crippen molar-refractivity contribution in [1.82, 2.24) is 0 Å². The fourth-order valence-electron chi connectivity index (χ4n) is 8.33. The van der Waals surface area contributed by atoms with Crippen LogP contribution in [0, 0.1) is 0 Å². The van der Waals surface area contributed by atoms with Gasteiger partial charge in [-0.05, 0) is 101 Å². The molecule has 0 aliphatic heterocycles. The summed E-state index contributed by atoms with van der Waals surface area (Å²) in [6.45, 7) is 4.69. The molecular formula is C47H32O. The molecule has 1 aliphatic carbocycles. The minimum absolute atomic E-state index is 0.0896. The van der Waals surface area contributed by atoms with Crippen LogP contribution in [0.3, 0.4) is 0 Å². The van der Waals surface area contributed by atoms with Crippen molar-refractivity contribution in [2.45, 2.75) is 19.3 Å². The quantitative estimate of drug-likeness (QED) is 0.181. The average molecular weight is 613 g/mol. The van der Waals surface area contributed by atoms with Crippen molar-refractivity contribution < 1.29 is 4.42 Å². The molecule has 48 heavy (non-hydrogen) atoms. The first kappa shape index (κ1) is 27.2. The SMILES string of the molecule is CC1(C)c2ccc(-c3ccc(-c4c5ccccc5c(-c5ccccc5)c5ccccc45)cc3)cc2-c2cc3oc4ccccc4c3cc21. The van der Waals surface area contributed by atoms with Gasteiger partial charge in [-0.1, -0.05) is 147 Å². The van der Waals surface area contributed by atoms with Gasteiger partial charge in [-0.2, -0.15) is 0 Å². The van der Waals surface area contributed by atoms with Crippen LogP contribution in [-0.4, -0.2) is 0 Å². The third-order valence-electron chi connectivity index (χ3n) is 10.7. The van der Waals surface area contributed by atoms with E-state index < -0.39 is 0 Å². The summed E-state index contributed by atoms with van der Waals surface area (Å²) in [7, 11) is 0. The maximum Gasteiger partial charge on any atom is 0.136 e. The number of fused-ring (bicyclic) bond motifs is 8. The molecule has 9 aromatic rings. The number of hydrogen-bond acceptors (Lipinski definition) is 1. The van der Waals surface area contributed by atoms with E-state index in [1.165, 1.54) is 88.0 Å². The average Bonchev–Trinajstić information content (AvgIpc) is 3.61. The van der Waals surface area contributed by atoms with Gasteiger partial charge in [-0.25, -0.2) is 0 Å². The monoisotopic (exact) mass is 612 g/mol. The molecule has 1 nitrogen and oxygen atoms in total. The first-order valence-electron chi connectivity index (χ1n) is 16.8. The lowest BCUT2D eigenvalue weighted by atomic mass is 9.81. The molecule has 226 valence electrons. The van der Waals surface area contributed by atoms with Crippen LogP contribution < -0.4 is 0 Å². The summed E-state index contributed by atoms with van der Waals surface area (Å²) in [5.41, 5.74) is 14.6. The predicted molar refractivity (Wildman–Crippen MR) is 203 cm³/mol. The van der Waals surface area contributed by atoms with E-state index in [4.69, 9.17) is 4.42 Å². The Morgan fingerprint density at radius 2 is 0.854 bits per heavy atom. The highest BCUT2D eigenvalue weighted by Gasteiger charge is 2.36. The normalized spacial score (nSPS) is 13.4. The lowest BCUT2D eigenvalue weighted by Gasteiger charge is -2.21. The molecule has 0 amide bonds. The van der Waals surface area contributed by atoms with Gasteiger partial charge in [0.2, 0.25) is 0 Å². The zero-order chi connectivity index (χ0) is 32.0. The number of furan rings is 1. The Bertz CT molecular complexity index is 2670. The van der Waals surface area contributed by atoms with Crippen LogP contribution in [0.1, 0.15) is 25.0 Å². The second-order valence-electron chi connectivity index (χ2n) is 13.7. The Hall–Kier alpha value is -5.92. The van der Waals surface area contributed by atoms with Crippen molar-refractivity contribution in [3.63, 3.8) is 0 Å². The number of hydrogen-bond donors (Lipinski definition) is 0. The molecule has 1 heterocycles. The van der Waals surface area contributed by atoms with E-state index in [0.29, 0.717) is 0 Å². The van der Waals surface area contributed by atoms with Crippen LogP contribution in [0.5, 0.6) is 0 Å². The fourth-order valence-corrected chi connectivity index (χ4v) is 8.33. The highest BCUT2D eigenvalue weighted by atomic mass is 16.3. The largest absolute Gasteiger partial charge is 0.456 e. The molecule has 0 saturated carbocycles. The third-order valence-corrected chi connectivity index (χ3v) is 10.7. The highest BCUT2D eigenvalue weighted by molar-refractivity contribution is 6.21. The van der Waals surface area contributed by atoms with Crippen molar-refractivity contribution in [1.29, 1.82) is 0 Å². The van der Waals surface area contributed by atoms with Crippen LogP contribution in [-0.2, 0) is 5.41 Å². The molecule has 0 fully saturated rings. The van der Waals surface area contributed by atoms with E-state index in [-0.39, 0.29) is 5.41 Å². The van der Waals surface area contributed by atoms with E-state index in [1.54, 1.807) is 0 Å². The minimum Gasteiger partial charge on any atom is -0.456 e. The van der Waals surface area contributed by atoms with E-state index >= 15 is 0 Å². The molecule has 0 radical (unpaired) electrons. The number of rotatable bonds is 3. The smallest absolute Gasteiger partial charge is 0.136 e. The molecule has 0 spiro atoms. The van der Waals surface area contributed by atoms with Crippen LogP contribution >= 0.6 is 0 Å². The molecule has 0 atom stereocenters. The van der Waals surface area contributed by atoms with Crippen LogP contribution in [0.4, 0.5) is 0 Å². The summed E-state index contributed by atoms with van der Waals surface area (Å²) in [5.74, 6) is 0. The minimum atomic E-state index is -0.0896. The Balaban J connectivity index is 1.11. The molecule has 8 aromatic carbocycles. The van der Waals surface area contributed by atoms with Crippen molar-refractivity contribution >= 4 is 43.5 Å². The maximum atomic E-state index is 6.32. The Labute approximate surface area is 279 Å². The van der Waals surface area contributed by atoms with Gasteiger partial charge in [-0.3, -0.25) is 0 Å². The van der Waals surface area contributed by atoms with Crippen molar-refractivity contribution in [3.8, 4) is 44.5 Å². The Morgan fingerprint density at radius 3 is 1.50 bits per heavy atom. The van der Waals surface area contributed by atoms with Gasteiger partial charge in [0.15, 0.2) is 0 Å². The van der Waals surface area contributed by atoms with Crippen LogP contribution in [0.15, 0.2) is 162 Å². The van der Waals surface area contributed by atoms with Crippen LogP contribution in [0.2, 0.25) is 0 Å². The molecule has 10 rings (SSSR count). The maximum absolute atomic E-state index is 6.32. The molecule has 1 aromatic heterocycles. The summed E-state index contributed by atoms with van der Waals surface area (Å²) >= 11 is 0. The van der Waals surface area contributed by atoms with Gasteiger partial charge in [0.05, 0.1) is 0 Å². The summed E-state index contributed by atoms with van der Waals surface area (Å²) in [6, 6.07) is 57.7. The van der Waals surface area contributed by atoms with E-state index in [1.807, 2.05) is 6.07 Å². The second kappa shape index (κ2) is 10.0. The lowest BCUT2D eigenvalue weighted by molar-refractivity contribution is 0.658. The van der Waals surface area contributed by atoms with Gasteiger partial charge in [0.1, 0.15) is 11.2 Å². The third kappa shape index (κ3) is 3.85. The fraction of sp³-hybridized carbons (Fsp3) is 0.0638. The second-order valence-corrected chi connectivity index (χ2v) is 13.7. The molecule has 0 unspecified atom stereocenters. The van der Waals surface area contributed by atoms with Crippen molar-refractivity contribution in [3.05, 3.63) is 169 Å². The number of para-hydroxylation sites is 1. The summed E-state index contributed by atoms with van der Waals surface area (Å²) in [4.78, 5) is 0. The van der Waals surface area contributed by atoms with E-state index in [9.17, 15) is 0 Å². The molecule has 0 bridgehead atoms. The Morgan fingerprint density at radius 1 is 0.354 bits per heavy atom. The van der Waals surface area contributed by atoms with Gasteiger partial charge >= 0.3 is 0 Å². The summed E-state index contributed by atoms with van der Waals surface area (Å²) in [6.07, 6.45) is 0. The zero-order valence-corrected chi connectivity index (χ0v) is 26.9. The van der Waals surface area contributed by atoms with Gasteiger partial charge in [0.25, 0.3) is 0 Å². The van der Waals surface area contributed by atoms with E-state index in [0.717, 1.165) is 11.2 Å².